The molecular weight excluding hydrogens is 888 g/mol. The SMILES string of the molecule is CC1O[C@@H](C(C)(C)C)C(O[C@@H]2OC(CC(C)(C)C)[C@@H](O)[C@@H](O)C2O)[C@@H](O)[C@H]1O.CC1O[C@@H](C(C)(C)C)C(O[C@@H]2OC(CC(C)(C)C)[C@@H](O)[C@@H](O)C2O[C@@H]2OC(CO)[C@@H](O)[C@@H](O)C2O)[C@@H](O)[C@H]1O. The highest BCUT2D eigenvalue weighted by molar-refractivity contribution is 5.01. The zero-order valence-corrected chi connectivity index (χ0v) is 41.6. The molecule has 0 aromatic heterocycles. The minimum Gasteiger partial charge on any atom is -0.394 e. The third-order valence-corrected chi connectivity index (χ3v) is 13.0. The molecule has 5 aliphatic rings. The Balaban J connectivity index is 0.000000309. The standard InChI is InChI=1S/C26H48O13.C20H38O8/c1-10-13(28)17(32)20(22(35-10)26(5,6)7)38-24-21(18(33)14(29)11(36-24)8-25(2,3)4)39-23-19(34)16(31)15(30)12(9-27)37-23;1-9-11(21)14(24)16(17(26-9)20(5,6)7)28-18-15(25)13(23)12(22)10(27-18)8-19(2,3)4/h10-24,27-34H,8-9H2,1-7H3;9-18,21-25H,8H2,1-7H3/t10?,11?,12?,13-,14+,15+,16+,17-,18+,19?,20?,21?,22+,23-,24-;9?,10?,11-,12+,13+,14-,15?,16?,17+,18-/m00/s1. The molecule has 0 aliphatic carbocycles. The number of hydrogen-bond donors (Lipinski definition) is 13. The van der Waals surface area contributed by atoms with Gasteiger partial charge in [0.1, 0.15) is 97.7 Å². The maximum absolute atomic E-state index is 11.2. The maximum atomic E-state index is 11.2. The van der Waals surface area contributed by atoms with Gasteiger partial charge in [0, 0.05) is 0 Å². The maximum Gasteiger partial charge on any atom is 0.187 e. The molecule has 13 N–H and O–H groups in total. The van der Waals surface area contributed by atoms with Crippen LogP contribution in [-0.2, 0) is 37.9 Å². The van der Waals surface area contributed by atoms with Crippen LogP contribution in [-0.4, -0.2) is 226 Å². The van der Waals surface area contributed by atoms with Crippen molar-refractivity contribution in [2.75, 3.05) is 6.61 Å². The fourth-order valence-corrected chi connectivity index (χ4v) is 9.16. The average Bonchev–Trinajstić information content (AvgIpc) is 3.20. The zero-order valence-electron chi connectivity index (χ0n) is 41.6. The first kappa shape index (κ1) is 58.7. The van der Waals surface area contributed by atoms with Crippen molar-refractivity contribution in [3.63, 3.8) is 0 Å². The average molecular weight is 975 g/mol. The van der Waals surface area contributed by atoms with E-state index in [1.807, 2.05) is 83.1 Å². The number of hydrogen-bond acceptors (Lipinski definition) is 21. The van der Waals surface area contributed by atoms with Gasteiger partial charge in [0.25, 0.3) is 0 Å². The third kappa shape index (κ3) is 14.2. The normalized spacial score (nSPS) is 47.2. The highest BCUT2D eigenvalue weighted by Gasteiger charge is 2.56. The minimum atomic E-state index is -1.78. The summed E-state index contributed by atoms with van der Waals surface area (Å²) >= 11 is 0. The summed E-state index contributed by atoms with van der Waals surface area (Å²) in [4.78, 5) is 0. The van der Waals surface area contributed by atoms with E-state index in [0.29, 0.717) is 12.8 Å². The lowest BCUT2D eigenvalue weighted by molar-refractivity contribution is -0.384. The Labute approximate surface area is 394 Å². The van der Waals surface area contributed by atoms with Crippen molar-refractivity contribution in [1.29, 1.82) is 0 Å². The summed E-state index contributed by atoms with van der Waals surface area (Å²) in [5.74, 6) is 0. The third-order valence-electron chi connectivity index (χ3n) is 13.0. The zero-order chi connectivity index (χ0) is 51.2. The quantitative estimate of drug-likeness (QED) is 0.121. The Morgan fingerprint density at radius 1 is 0.343 bits per heavy atom. The molecule has 0 aromatic carbocycles. The molecule has 0 bridgehead atoms. The topological polar surface area (TPSA) is 337 Å². The van der Waals surface area contributed by atoms with Crippen LogP contribution < -0.4 is 0 Å². The first-order chi connectivity index (χ1) is 30.5. The van der Waals surface area contributed by atoms with Crippen molar-refractivity contribution in [3.05, 3.63) is 0 Å². The van der Waals surface area contributed by atoms with Crippen molar-refractivity contribution in [1.82, 2.24) is 0 Å². The second kappa shape index (κ2) is 22.5. The van der Waals surface area contributed by atoms with Crippen molar-refractivity contribution >= 4 is 0 Å². The molecule has 0 saturated carbocycles. The summed E-state index contributed by atoms with van der Waals surface area (Å²) in [6, 6.07) is 0. The Morgan fingerprint density at radius 2 is 0.642 bits per heavy atom. The van der Waals surface area contributed by atoms with Gasteiger partial charge in [-0.25, -0.2) is 0 Å². The van der Waals surface area contributed by atoms with Crippen LogP contribution in [0.15, 0.2) is 0 Å². The molecule has 0 spiro atoms. The molecule has 21 nitrogen and oxygen atoms in total. The Bertz CT molecular complexity index is 1510. The van der Waals surface area contributed by atoms with E-state index in [1.165, 1.54) is 0 Å². The molecule has 21 heteroatoms. The van der Waals surface area contributed by atoms with E-state index in [1.54, 1.807) is 13.8 Å². The first-order valence-electron chi connectivity index (χ1n) is 23.5. The number of aliphatic hydroxyl groups excluding tert-OH is 13. The van der Waals surface area contributed by atoms with E-state index in [0.717, 1.165) is 0 Å². The van der Waals surface area contributed by atoms with E-state index in [2.05, 4.69) is 0 Å². The molecule has 5 aliphatic heterocycles. The summed E-state index contributed by atoms with van der Waals surface area (Å²) in [6.07, 6.45) is -30.4. The van der Waals surface area contributed by atoms with Gasteiger partial charge in [0.05, 0.1) is 43.2 Å². The van der Waals surface area contributed by atoms with Crippen LogP contribution in [0, 0.1) is 21.7 Å². The summed E-state index contributed by atoms with van der Waals surface area (Å²) in [5, 5.41) is 136. The second-order valence-electron chi connectivity index (χ2n) is 23.8. The highest BCUT2D eigenvalue weighted by Crippen LogP contribution is 2.41. The first-order valence-corrected chi connectivity index (χ1v) is 23.5. The van der Waals surface area contributed by atoms with Crippen LogP contribution in [0.3, 0.4) is 0 Å². The van der Waals surface area contributed by atoms with E-state index in [-0.39, 0.29) is 10.8 Å². The Kier molecular flexibility index (Phi) is 19.7. The van der Waals surface area contributed by atoms with E-state index >= 15 is 0 Å². The molecule has 0 aromatic rings. The van der Waals surface area contributed by atoms with Gasteiger partial charge in [-0.05, 0) is 48.3 Å². The smallest absolute Gasteiger partial charge is 0.187 e. The van der Waals surface area contributed by atoms with Gasteiger partial charge in [-0.3, -0.25) is 0 Å². The van der Waals surface area contributed by atoms with Crippen LogP contribution in [0.4, 0.5) is 0 Å². The monoisotopic (exact) mass is 975 g/mol. The lowest BCUT2D eigenvalue weighted by atomic mass is 9.80. The van der Waals surface area contributed by atoms with E-state index in [9.17, 15) is 66.4 Å². The molecule has 5 fully saturated rings. The molecule has 0 amide bonds. The summed E-state index contributed by atoms with van der Waals surface area (Å²) in [6.45, 7) is 25.7. The summed E-state index contributed by atoms with van der Waals surface area (Å²) in [7, 11) is 0. The molecule has 5 heterocycles. The van der Waals surface area contributed by atoms with Crippen LogP contribution in [0.2, 0.25) is 0 Å². The molecule has 5 saturated heterocycles. The Morgan fingerprint density at radius 3 is 1.00 bits per heavy atom. The molecule has 10 unspecified atom stereocenters. The predicted molar refractivity (Wildman–Crippen MR) is 235 cm³/mol. The van der Waals surface area contributed by atoms with Gasteiger partial charge < -0.3 is 104 Å². The summed E-state index contributed by atoms with van der Waals surface area (Å²) in [5.41, 5.74) is -1.51. The molecule has 5 rings (SSSR count). The van der Waals surface area contributed by atoms with Gasteiger partial charge in [0.2, 0.25) is 0 Å². The fourth-order valence-electron chi connectivity index (χ4n) is 9.16. The largest absolute Gasteiger partial charge is 0.394 e. The molecule has 0 radical (unpaired) electrons. The highest BCUT2D eigenvalue weighted by atomic mass is 16.8. The van der Waals surface area contributed by atoms with Crippen LogP contribution in [0.1, 0.15) is 110 Å². The molecular formula is C46H86O21. The number of aliphatic hydroxyl groups is 13. The number of rotatable bonds is 9. The van der Waals surface area contributed by atoms with Crippen molar-refractivity contribution in [2.45, 2.75) is 263 Å². The van der Waals surface area contributed by atoms with Crippen LogP contribution in [0.25, 0.3) is 0 Å². The number of ether oxygens (including phenoxy) is 8. The molecule has 396 valence electrons. The van der Waals surface area contributed by atoms with Crippen molar-refractivity contribution in [3.8, 4) is 0 Å². The summed E-state index contributed by atoms with van der Waals surface area (Å²) < 4.78 is 47.2. The van der Waals surface area contributed by atoms with Gasteiger partial charge >= 0.3 is 0 Å². The van der Waals surface area contributed by atoms with Gasteiger partial charge in [-0.15, -0.1) is 0 Å². The van der Waals surface area contributed by atoms with Gasteiger partial charge in [-0.2, -0.15) is 0 Å². The lowest BCUT2D eigenvalue weighted by Crippen LogP contribution is -2.67. The minimum absolute atomic E-state index is 0.189. The van der Waals surface area contributed by atoms with Crippen molar-refractivity contribution in [2.24, 2.45) is 21.7 Å². The second-order valence-corrected chi connectivity index (χ2v) is 23.8. The van der Waals surface area contributed by atoms with E-state index < -0.39 is 171 Å². The van der Waals surface area contributed by atoms with Crippen LogP contribution >= 0.6 is 0 Å². The van der Waals surface area contributed by atoms with Gasteiger partial charge in [-0.1, -0.05) is 83.1 Å². The van der Waals surface area contributed by atoms with E-state index in [4.69, 9.17) is 37.9 Å². The fraction of sp³-hybridized carbons (Fsp3) is 1.00. The van der Waals surface area contributed by atoms with Gasteiger partial charge in [0.15, 0.2) is 18.9 Å². The van der Waals surface area contributed by atoms with Crippen LogP contribution in [0.5, 0.6) is 0 Å². The molecule has 67 heavy (non-hydrogen) atoms. The predicted octanol–water partition coefficient (Wildman–Crippen LogP) is -1.83. The Hall–Kier alpha value is -0.840. The lowest BCUT2D eigenvalue weighted by Gasteiger charge is -2.51. The molecule has 25 atom stereocenters. The van der Waals surface area contributed by atoms with Crippen molar-refractivity contribution < 1.29 is 104 Å².